The lowest BCUT2D eigenvalue weighted by Gasteiger charge is -2.29. The Bertz CT molecular complexity index is 282. The van der Waals surface area contributed by atoms with Gasteiger partial charge in [0, 0.05) is 31.0 Å². The number of hydrogen-bond donors (Lipinski definition) is 1. The van der Waals surface area contributed by atoms with Crippen molar-refractivity contribution in [1.29, 1.82) is 0 Å². The lowest BCUT2D eigenvalue weighted by molar-refractivity contribution is -0.151. The first-order chi connectivity index (χ1) is 8.29. The van der Waals surface area contributed by atoms with E-state index in [9.17, 15) is 14.7 Å². The Hall–Kier alpha value is -0.620. The third-order valence-corrected chi connectivity index (χ3v) is 3.37. The summed E-state index contributed by atoms with van der Waals surface area (Å²) >= 11 is 3.25. The van der Waals surface area contributed by atoms with Crippen LogP contribution in [0.2, 0.25) is 0 Å². The number of esters is 2. The average Bonchev–Trinajstić information content (AvgIpc) is 2.30. The molecule has 0 bridgehead atoms. The van der Waals surface area contributed by atoms with Gasteiger partial charge in [-0.05, 0) is 0 Å². The molecule has 5 nitrogen and oxygen atoms in total. The van der Waals surface area contributed by atoms with Crippen LogP contribution < -0.4 is 0 Å². The van der Waals surface area contributed by atoms with Gasteiger partial charge in [0.2, 0.25) is 0 Å². The summed E-state index contributed by atoms with van der Waals surface area (Å²) in [5.74, 6) is -1.23. The van der Waals surface area contributed by atoms with Gasteiger partial charge in [0.25, 0.3) is 0 Å². The van der Waals surface area contributed by atoms with Crippen LogP contribution in [0.15, 0.2) is 0 Å². The van der Waals surface area contributed by atoms with Crippen LogP contribution in [0.1, 0.15) is 27.7 Å². The van der Waals surface area contributed by atoms with Gasteiger partial charge >= 0.3 is 11.9 Å². The lowest BCUT2D eigenvalue weighted by Crippen LogP contribution is -2.39. The van der Waals surface area contributed by atoms with E-state index in [0.717, 1.165) is 0 Å². The predicted molar refractivity (Wildman–Crippen MR) is 70.3 cm³/mol. The van der Waals surface area contributed by atoms with Crippen molar-refractivity contribution in [1.82, 2.24) is 0 Å². The molecule has 0 rings (SSSR count). The summed E-state index contributed by atoms with van der Waals surface area (Å²) < 4.78 is 9.96. The molecule has 0 saturated heterocycles. The highest BCUT2D eigenvalue weighted by molar-refractivity contribution is 9.09. The minimum Gasteiger partial charge on any atom is -0.465 e. The van der Waals surface area contributed by atoms with E-state index in [1.807, 2.05) is 0 Å². The molecule has 1 N–H and O–H groups in total. The zero-order valence-electron chi connectivity index (χ0n) is 11.2. The molecular weight excluding hydrogens is 304 g/mol. The van der Waals surface area contributed by atoms with Crippen LogP contribution in [0.3, 0.4) is 0 Å². The molecule has 0 heterocycles. The smallest absolute Gasteiger partial charge is 0.302 e. The second-order valence-corrected chi connectivity index (χ2v) is 5.08. The Labute approximate surface area is 116 Å². The van der Waals surface area contributed by atoms with E-state index in [2.05, 4.69) is 15.9 Å². The Morgan fingerprint density at radius 1 is 1.22 bits per heavy atom. The van der Waals surface area contributed by atoms with Crippen molar-refractivity contribution in [2.45, 2.75) is 39.9 Å². The van der Waals surface area contributed by atoms with Crippen LogP contribution in [0.5, 0.6) is 0 Å². The SMILES string of the molecule is CC(=O)OC[C@@H](C)[C@@H](O)[C@@H](C)[C@H](CBr)OC(C)=O. The molecule has 0 amide bonds. The van der Waals surface area contributed by atoms with E-state index >= 15 is 0 Å². The minimum atomic E-state index is -0.716. The average molecular weight is 325 g/mol. The fourth-order valence-corrected chi connectivity index (χ4v) is 2.30. The van der Waals surface area contributed by atoms with Gasteiger partial charge in [0.05, 0.1) is 12.7 Å². The quantitative estimate of drug-likeness (QED) is 0.567. The molecule has 0 radical (unpaired) electrons. The largest absolute Gasteiger partial charge is 0.465 e. The molecule has 0 spiro atoms. The van der Waals surface area contributed by atoms with E-state index in [4.69, 9.17) is 9.47 Å². The zero-order chi connectivity index (χ0) is 14.3. The molecule has 18 heavy (non-hydrogen) atoms. The summed E-state index contributed by atoms with van der Waals surface area (Å²) in [6.07, 6.45) is -1.12. The molecule has 0 aromatic rings. The highest BCUT2D eigenvalue weighted by Crippen LogP contribution is 2.20. The first kappa shape index (κ1) is 17.4. The van der Waals surface area contributed by atoms with Crippen LogP contribution >= 0.6 is 15.9 Å². The molecule has 0 aromatic carbocycles. The Morgan fingerprint density at radius 2 is 1.78 bits per heavy atom. The number of ether oxygens (including phenoxy) is 2. The molecule has 106 valence electrons. The van der Waals surface area contributed by atoms with E-state index < -0.39 is 12.2 Å². The summed E-state index contributed by atoms with van der Waals surface area (Å²) in [5, 5.41) is 10.6. The maximum Gasteiger partial charge on any atom is 0.302 e. The van der Waals surface area contributed by atoms with Crippen LogP contribution in [0, 0.1) is 11.8 Å². The molecule has 0 saturated carbocycles. The molecule has 4 atom stereocenters. The molecule has 0 aliphatic rings. The maximum absolute atomic E-state index is 10.9. The van der Waals surface area contributed by atoms with Gasteiger partial charge in [0.1, 0.15) is 6.10 Å². The van der Waals surface area contributed by atoms with Crippen molar-refractivity contribution in [3.05, 3.63) is 0 Å². The fraction of sp³-hybridized carbons (Fsp3) is 0.833. The first-order valence-electron chi connectivity index (χ1n) is 5.84. The lowest BCUT2D eigenvalue weighted by atomic mass is 9.90. The van der Waals surface area contributed by atoms with Crippen molar-refractivity contribution >= 4 is 27.9 Å². The number of alkyl halides is 1. The molecule has 0 aromatic heterocycles. The van der Waals surface area contributed by atoms with Crippen molar-refractivity contribution < 1.29 is 24.2 Å². The second-order valence-electron chi connectivity index (χ2n) is 4.43. The van der Waals surface area contributed by atoms with Crippen molar-refractivity contribution in [3.63, 3.8) is 0 Å². The Morgan fingerprint density at radius 3 is 2.17 bits per heavy atom. The van der Waals surface area contributed by atoms with Gasteiger partial charge in [-0.1, -0.05) is 29.8 Å². The van der Waals surface area contributed by atoms with Gasteiger partial charge in [-0.15, -0.1) is 0 Å². The monoisotopic (exact) mass is 324 g/mol. The third kappa shape index (κ3) is 6.35. The summed E-state index contributed by atoms with van der Waals surface area (Å²) in [7, 11) is 0. The summed E-state index contributed by atoms with van der Waals surface area (Å²) in [6.45, 7) is 6.38. The second kappa shape index (κ2) is 8.48. The number of hydrogen-bond acceptors (Lipinski definition) is 5. The van der Waals surface area contributed by atoms with Crippen LogP contribution in [-0.4, -0.2) is 41.2 Å². The number of carbonyl (C=O) groups is 2. The molecule has 0 aliphatic heterocycles. The van der Waals surface area contributed by atoms with Crippen molar-refractivity contribution in [3.8, 4) is 0 Å². The highest BCUT2D eigenvalue weighted by atomic mass is 79.9. The Kier molecular flexibility index (Phi) is 8.18. The number of halogens is 1. The molecule has 0 fully saturated rings. The fourth-order valence-electron chi connectivity index (χ4n) is 1.58. The summed E-state index contributed by atoms with van der Waals surface area (Å²) in [4.78, 5) is 21.6. The predicted octanol–water partition coefficient (Wildman–Crippen LogP) is 1.51. The van der Waals surface area contributed by atoms with E-state index in [1.165, 1.54) is 13.8 Å². The van der Waals surface area contributed by atoms with Gasteiger partial charge in [-0.2, -0.15) is 0 Å². The van der Waals surface area contributed by atoms with Crippen molar-refractivity contribution in [2.75, 3.05) is 11.9 Å². The van der Waals surface area contributed by atoms with Gasteiger partial charge in [-0.3, -0.25) is 9.59 Å². The molecule has 6 heteroatoms. The van der Waals surface area contributed by atoms with Crippen LogP contribution in [0.25, 0.3) is 0 Å². The number of aliphatic hydroxyl groups is 1. The topological polar surface area (TPSA) is 72.8 Å². The van der Waals surface area contributed by atoms with Crippen molar-refractivity contribution in [2.24, 2.45) is 11.8 Å². The molecule has 0 unspecified atom stereocenters. The first-order valence-corrected chi connectivity index (χ1v) is 6.96. The van der Waals surface area contributed by atoms with Crippen LogP contribution in [-0.2, 0) is 19.1 Å². The van der Waals surface area contributed by atoms with Gasteiger partial charge in [0.15, 0.2) is 0 Å². The normalized spacial score (nSPS) is 17.4. The third-order valence-electron chi connectivity index (χ3n) is 2.73. The molecular formula is C12H21BrO5. The minimum absolute atomic E-state index is 0.149. The van der Waals surface area contributed by atoms with Gasteiger partial charge in [-0.25, -0.2) is 0 Å². The number of aliphatic hydroxyl groups excluding tert-OH is 1. The Balaban J connectivity index is 4.39. The van der Waals surface area contributed by atoms with Crippen LogP contribution in [0.4, 0.5) is 0 Å². The van der Waals surface area contributed by atoms with E-state index in [1.54, 1.807) is 13.8 Å². The summed E-state index contributed by atoms with van der Waals surface area (Å²) in [5.41, 5.74) is 0. The highest BCUT2D eigenvalue weighted by Gasteiger charge is 2.30. The molecule has 0 aliphatic carbocycles. The standard InChI is InChI=1S/C12H21BrO5/c1-7(6-17-9(3)14)12(16)8(2)11(5-13)18-10(4)15/h7-8,11-12,16H,5-6H2,1-4H3/t7-,8+,11+,12-/m1/s1. The summed E-state index contributed by atoms with van der Waals surface area (Å²) in [6, 6.07) is 0. The zero-order valence-corrected chi connectivity index (χ0v) is 12.8. The number of rotatable bonds is 7. The number of carbonyl (C=O) groups excluding carboxylic acids is 2. The van der Waals surface area contributed by atoms with E-state index in [0.29, 0.717) is 5.33 Å². The van der Waals surface area contributed by atoms with Gasteiger partial charge < -0.3 is 14.6 Å². The van der Waals surface area contributed by atoms with E-state index in [-0.39, 0.29) is 30.4 Å². The maximum atomic E-state index is 10.9.